The fourth-order valence-corrected chi connectivity index (χ4v) is 5.46. The summed E-state index contributed by atoms with van der Waals surface area (Å²) in [5, 5.41) is 7.79. The second-order valence-corrected chi connectivity index (χ2v) is 9.16. The van der Waals surface area contributed by atoms with Gasteiger partial charge in [-0.05, 0) is 57.2 Å². The van der Waals surface area contributed by atoms with Crippen molar-refractivity contribution in [2.45, 2.75) is 65.6 Å². The SMILES string of the molecule is CCn1nc(C)c2c1CCN(C(C(=O)NC)c1ccccc1)C2CCc1ccc(C)cc1C. The molecule has 1 aliphatic rings. The Bertz CT molecular complexity index is 1120. The predicted octanol–water partition coefficient (Wildman–Crippen LogP) is 4.85. The van der Waals surface area contributed by atoms with Gasteiger partial charge in [-0.3, -0.25) is 14.4 Å². The molecule has 1 amide bonds. The van der Waals surface area contributed by atoms with Crippen molar-refractivity contribution in [2.24, 2.45) is 0 Å². The first-order valence-corrected chi connectivity index (χ1v) is 12.1. The molecule has 0 fully saturated rings. The number of aromatic nitrogens is 2. The molecule has 3 aromatic rings. The van der Waals surface area contributed by atoms with Crippen LogP contribution in [0.5, 0.6) is 0 Å². The normalized spacial score (nSPS) is 16.9. The molecule has 2 heterocycles. The number of amides is 1. The zero-order valence-corrected chi connectivity index (χ0v) is 20.6. The molecule has 5 heteroatoms. The maximum Gasteiger partial charge on any atom is 0.241 e. The molecule has 2 atom stereocenters. The molecule has 1 N–H and O–H groups in total. The maximum absolute atomic E-state index is 13.2. The number of likely N-dealkylation sites (N-methyl/N-ethyl adjacent to an activating group) is 1. The highest BCUT2D eigenvalue weighted by molar-refractivity contribution is 5.83. The van der Waals surface area contributed by atoms with Gasteiger partial charge in [0.15, 0.2) is 0 Å². The number of nitrogens with zero attached hydrogens (tertiary/aromatic N) is 3. The molecule has 0 radical (unpaired) electrons. The van der Waals surface area contributed by atoms with Crippen molar-refractivity contribution in [1.82, 2.24) is 20.0 Å². The van der Waals surface area contributed by atoms with Gasteiger partial charge in [-0.1, -0.05) is 54.1 Å². The largest absolute Gasteiger partial charge is 0.358 e. The standard InChI is InChI=1S/C28H36N4O/c1-6-32-25-16-17-31(27(28(33)29-5)23-10-8-7-9-11-23)24(26(25)21(4)30-32)15-14-22-13-12-19(2)18-20(22)3/h7-13,18,24,27H,6,14-17H2,1-5H3,(H,29,33). The Morgan fingerprint density at radius 1 is 1.15 bits per heavy atom. The minimum atomic E-state index is -0.321. The van der Waals surface area contributed by atoms with Crippen LogP contribution in [-0.4, -0.2) is 34.2 Å². The van der Waals surface area contributed by atoms with Gasteiger partial charge >= 0.3 is 0 Å². The van der Waals surface area contributed by atoms with Crippen LogP contribution in [0.25, 0.3) is 0 Å². The van der Waals surface area contributed by atoms with E-state index in [0.717, 1.165) is 43.6 Å². The van der Waals surface area contributed by atoms with Crippen LogP contribution in [0, 0.1) is 20.8 Å². The Kier molecular flexibility index (Phi) is 6.99. The van der Waals surface area contributed by atoms with Crippen LogP contribution in [0.3, 0.4) is 0 Å². The lowest BCUT2D eigenvalue weighted by Crippen LogP contribution is -2.45. The fourth-order valence-electron chi connectivity index (χ4n) is 5.46. The van der Waals surface area contributed by atoms with Crippen LogP contribution in [0.1, 0.15) is 64.6 Å². The van der Waals surface area contributed by atoms with Crippen molar-refractivity contribution in [2.75, 3.05) is 13.6 Å². The molecule has 5 nitrogen and oxygen atoms in total. The summed E-state index contributed by atoms with van der Waals surface area (Å²) in [5.41, 5.74) is 8.79. The van der Waals surface area contributed by atoms with Gasteiger partial charge in [0.1, 0.15) is 6.04 Å². The zero-order valence-electron chi connectivity index (χ0n) is 20.6. The van der Waals surface area contributed by atoms with E-state index in [4.69, 9.17) is 5.10 Å². The first-order valence-electron chi connectivity index (χ1n) is 12.1. The van der Waals surface area contributed by atoms with Crippen molar-refractivity contribution in [3.8, 4) is 0 Å². The summed E-state index contributed by atoms with van der Waals surface area (Å²) in [6.07, 6.45) is 2.83. The van der Waals surface area contributed by atoms with E-state index in [2.05, 4.69) is 72.9 Å². The molecule has 1 aliphatic heterocycles. The molecule has 33 heavy (non-hydrogen) atoms. The fraction of sp³-hybridized carbons (Fsp3) is 0.429. The minimum Gasteiger partial charge on any atom is -0.358 e. The number of fused-ring (bicyclic) bond motifs is 1. The summed E-state index contributed by atoms with van der Waals surface area (Å²) >= 11 is 0. The lowest BCUT2D eigenvalue weighted by atomic mass is 9.88. The highest BCUT2D eigenvalue weighted by atomic mass is 16.2. The maximum atomic E-state index is 13.2. The van der Waals surface area contributed by atoms with Crippen LogP contribution in [0.4, 0.5) is 0 Å². The van der Waals surface area contributed by atoms with E-state index >= 15 is 0 Å². The topological polar surface area (TPSA) is 50.2 Å². The van der Waals surface area contributed by atoms with Crippen molar-refractivity contribution in [1.29, 1.82) is 0 Å². The minimum absolute atomic E-state index is 0.0432. The third kappa shape index (κ3) is 4.60. The van der Waals surface area contributed by atoms with Gasteiger partial charge in [0, 0.05) is 43.9 Å². The number of benzene rings is 2. The number of rotatable bonds is 7. The average Bonchev–Trinajstić information content (AvgIpc) is 3.15. The third-order valence-electron chi connectivity index (χ3n) is 7.05. The molecule has 4 rings (SSSR count). The van der Waals surface area contributed by atoms with E-state index in [1.165, 1.54) is 27.9 Å². The molecule has 0 spiro atoms. The number of nitrogens with one attached hydrogen (secondary N) is 1. The van der Waals surface area contributed by atoms with Gasteiger partial charge in [0.05, 0.1) is 5.69 Å². The zero-order chi connectivity index (χ0) is 23.5. The van der Waals surface area contributed by atoms with Crippen LogP contribution in [0.15, 0.2) is 48.5 Å². The number of carbonyl (C=O) groups excluding carboxylic acids is 1. The van der Waals surface area contributed by atoms with Gasteiger partial charge in [-0.25, -0.2) is 0 Å². The smallest absolute Gasteiger partial charge is 0.241 e. The van der Waals surface area contributed by atoms with Gasteiger partial charge in [-0.15, -0.1) is 0 Å². The number of hydrogen-bond acceptors (Lipinski definition) is 3. The Hall–Kier alpha value is -2.92. The van der Waals surface area contributed by atoms with Crippen LogP contribution in [-0.2, 0) is 24.2 Å². The highest BCUT2D eigenvalue weighted by Crippen LogP contribution is 2.40. The molecule has 0 saturated carbocycles. The molecule has 0 saturated heterocycles. The molecule has 174 valence electrons. The average molecular weight is 445 g/mol. The van der Waals surface area contributed by atoms with E-state index in [0.29, 0.717) is 0 Å². The molecule has 0 bridgehead atoms. The van der Waals surface area contributed by atoms with Crippen molar-refractivity contribution >= 4 is 5.91 Å². The van der Waals surface area contributed by atoms with Gasteiger partial charge in [-0.2, -0.15) is 5.10 Å². The molecule has 2 unspecified atom stereocenters. The van der Waals surface area contributed by atoms with E-state index in [1.807, 2.05) is 18.2 Å². The second-order valence-electron chi connectivity index (χ2n) is 9.16. The summed E-state index contributed by atoms with van der Waals surface area (Å²) in [4.78, 5) is 15.6. The summed E-state index contributed by atoms with van der Waals surface area (Å²) < 4.78 is 2.16. The Balaban J connectivity index is 1.75. The van der Waals surface area contributed by atoms with Crippen molar-refractivity contribution < 1.29 is 4.79 Å². The van der Waals surface area contributed by atoms with Crippen molar-refractivity contribution in [3.05, 3.63) is 87.7 Å². The van der Waals surface area contributed by atoms with Crippen LogP contribution < -0.4 is 5.32 Å². The number of carbonyl (C=O) groups is 1. The molecule has 2 aromatic carbocycles. The van der Waals surface area contributed by atoms with Crippen LogP contribution >= 0.6 is 0 Å². The third-order valence-corrected chi connectivity index (χ3v) is 7.05. The monoisotopic (exact) mass is 444 g/mol. The Labute approximate surface area is 197 Å². The van der Waals surface area contributed by atoms with Crippen molar-refractivity contribution in [3.63, 3.8) is 0 Å². The molecule has 0 aliphatic carbocycles. The summed E-state index contributed by atoms with van der Waals surface area (Å²) in [7, 11) is 1.73. The number of hydrogen-bond donors (Lipinski definition) is 1. The molecular formula is C28H36N4O. The number of aryl methyl sites for hydroxylation is 5. The van der Waals surface area contributed by atoms with Gasteiger partial charge in [0.2, 0.25) is 5.91 Å². The first-order chi connectivity index (χ1) is 15.9. The molecule has 1 aromatic heterocycles. The lowest BCUT2D eigenvalue weighted by molar-refractivity contribution is -0.127. The lowest BCUT2D eigenvalue weighted by Gasteiger charge is -2.41. The predicted molar refractivity (Wildman–Crippen MR) is 133 cm³/mol. The van der Waals surface area contributed by atoms with E-state index in [-0.39, 0.29) is 18.0 Å². The summed E-state index contributed by atoms with van der Waals surface area (Å²) in [6, 6.07) is 16.7. The molecular weight excluding hydrogens is 408 g/mol. The highest BCUT2D eigenvalue weighted by Gasteiger charge is 2.39. The Morgan fingerprint density at radius 3 is 2.58 bits per heavy atom. The second kappa shape index (κ2) is 9.92. The van der Waals surface area contributed by atoms with E-state index in [9.17, 15) is 4.79 Å². The summed E-state index contributed by atoms with van der Waals surface area (Å²) in [5.74, 6) is 0.0432. The van der Waals surface area contributed by atoms with Crippen LogP contribution in [0.2, 0.25) is 0 Å². The van der Waals surface area contributed by atoms with Gasteiger partial charge in [0.25, 0.3) is 0 Å². The van der Waals surface area contributed by atoms with E-state index < -0.39 is 0 Å². The van der Waals surface area contributed by atoms with Gasteiger partial charge < -0.3 is 5.32 Å². The summed E-state index contributed by atoms with van der Waals surface area (Å²) in [6.45, 7) is 10.3. The first kappa shape index (κ1) is 23.2. The van der Waals surface area contributed by atoms with E-state index in [1.54, 1.807) is 7.05 Å². The Morgan fingerprint density at radius 2 is 1.91 bits per heavy atom. The quantitative estimate of drug-likeness (QED) is 0.567.